The molecule has 0 bridgehead atoms. The lowest BCUT2D eigenvalue weighted by Crippen LogP contribution is -2.71. The van der Waals surface area contributed by atoms with Gasteiger partial charge in [0.2, 0.25) is 6.61 Å². The Morgan fingerprint density at radius 1 is 1.40 bits per heavy atom. The first kappa shape index (κ1) is 29.3. The number of thiazole rings is 1. The topological polar surface area (TPSA) is 233 Å². The summed E-state index contributed by atoms with van der Waals surface area (Å²) in [5.41, 5.74) is 12.7. The number of hydrogen-bond acceptors (Lipinski definition) is 12. The Kier molecular flexibility index (Phi) is 8.35. The summed E-state index contributed by atoms with van der Waals surface area (Å²) in [6, 6.07) is 2.66. The van der Waals surface area contributed by atoms with Crippen LogP contribution in [0.1, 0.15) is 11.3 Å². The minimum Gasteiger partial charge on any atom is -0.543 e. The minimum atomic E-state index is -1.52. The van der Waals surface area contributed by atoms with Crippen molar-refractivity contribution in [2.75, 3.05) is 24.6 Å². The number of aliphatic carboxylic acids is 2. The van der Waals surface area contributed by atoms with Gasteiger partial charge in [-0.3, -0.25) is 14.5 Å². The third-order valence-electron chi connectivity index (χ3n) is 6.49. The number of anilines is 1. The van der Waals surface area contributed by atoms with Crippen molar-refractivity contribution < 1.29 is 38.8 Å². The fourth-order valence-corrected chi connectivity index (χ4v) is 6.98. The molecule has 0 unspecified atom stereocenters. The Hall–Kier alpha value is -4.19. The van der Waals surface area contributed by atoms with Gasteiger partial charge in [-0.05, 0) is 25.1 Å². The molecule has 5 rings (SSSR count). The Morgan fingerprint density at radius 3 is 2.86 bits per heavy atom. The van der Waals surface area contributed by atoms with Crippen LogP contribution in [-0.4, -0.2) is 79.8 Å². The van der Waals surface area contributed by atoms with Gasteiger partial charge >= 0.3 is 5.97 Å². The molecule has 0 radical (unpaired) electrons. The Balaban J connectivity index is 1.38. The number of pyridine rings is 1. The van der Waals surface area contributed by atoms with Gasteiger partial charge in [0.15, 0.2) is 10.8 Å². The number of aromatic amines is 1. The number of H-pyrrole nitrogens is 1. The number of nitrogens with zero attached hydrogens (tertiary/aromatic N) is 4. The van der Waals surface area contributed by atoms with Crippen molar-refractivity contribution in [3.8, 4) is 0 Å². The number of nitrogens with one attached hydrogen (secondary N) is 2. The number of nitrogens with two attached hydrogens (primary N) is 2. The third-order valence-corrected chi connectivity index (χ3v) is 8.91. The van der Waals surface area contributed by atoms with Gasteiger partial charge in [0.05, 0.1) is 29.4 Å². The zero-order valence-electron chi connectivity index (χ0n) is 21.5. The van der Waals surface area contributed by atoms with Crippen molar-refractivity contribution in [3.63, 3.8) is 0 Å². The summed E-state index contributed by atoms with van der Waals surface area (Å²) in [5, 5.41) is 27.4. The summed E-state index contributed by atoms with van der Waals surface area (Å²) in [6.07, 6.45) is 4.33. The number of rotatable bonds is 11. The number of carboxylic acid groups (broad SMARTS) is 2. The first-order valence-electron chi connectivity index (χ1n) is 12.3. The molecule has 18 heteroatoms. The normalized spacial score (nSPS) is 18.6. The highest BCUT2D eigenvalue weighted by molar-refractivity contribution is 8.00. The van der Waals surface area contributed by atoms with E-state index in [1.54, 1.807) is 6.20 Å². The molecule has 1 saturated heterocycles. The van der Waals surface area contributed by atoms with E-state index >= 15 is 0 Å². The number of oxime groups is 1. The highest BCUT2D eigenvalue weighted by atomic mass is 35.5. The minimum absolute atomic E-state index is 0.00882. The monoisotopic (exact) mass is 634 g/mol. The van der Waals surface area contributed by atoms with Gasteiger partial charge in [0, 0.05) is 16.9 Å². The molecule has 0 saturated carbocycles. The Labute approximate surface area is 250 Å². The van der Waals surface area contributed by atoms with Crippen molar-refractivity contribution >= 4 is 80.3 Å². The van der Waals surface area contributed by atoms with Crippen LogP contribution in [0.15, 0.2) is 41.0 Å². The number of fused-ring (bicyclic) bond motifs is 2. The van der Waals surface area contributed by atoms with Gasteiger partial charge in [0.1, 0.15) is 28.0 Å². The molecule has 15 nitrogen and oxygen atoms in total. The van der Waals surface area contributed by atoms with E-state index < -0.39 is 47.5 Å². The average Bonchev–Trinajstić information content (AvgIpc) is 3.51. The number of nitrogen functional groups attached to an aromatic ring is 1. The van der Waals surface area contributed by atoms with E-state index in [1.807, 2.05) is 22.9 Å². The van der Waals surface area contributed by atoms with Crippen molar-refractivity contribution in [1.82, 2.24) is 20.2 Å². The molecule has 42 heavy (non-hydrogen) atoms. The van der Waals surface area contributed by atoms with Crippen molar-refractivity contribution in [2.45, 2.75) is 24.4 Å². The summed E-state index contributed by atoms with van der Waals surface area (Å²) < 4.78 is 1.84. The van der Waals surface area contributed by atoms with Gasteiger partial charge in [-0.25, -0.2) is 19.3 Å². The zero-order valence-corrected chi connectivity index (χ0v) is 23.9. The third kappa shape index (κ3) is 5.50. The van der Waals surface area contributed by atoms with Crippen LogP contribution in [0.4, 0.5) is 5.13 Å². The lowest BCUT2D eigenvalue weighted by atomic mass is 10.0. The zero-order chi connectivity index (χ0) is 30.1. The van der Waals surface area contributed by atoms with Crippen LogP contribution >= 0.6 is 34.7 Å². The van der Waals surface area contributed by atoms with E-state index in [9.17, 15) is 24.3 Å². The first-order valence-corrected chi connectivity index (χ1v) is 14.6. The maximum atomic E-state index is 13.2. The smallest absolute Gasteiger partial charge is 0.344 e. The lowest BCUT2D eigenvalue weighted by Gasteiger charge is -2.50. The number of thioether (sulfide) groups is 1. The van der Waals surface area contributed by atoms with Crippen LogP contribution in [0, 0.1) is 0 Å². The van der Waals surface area contributed by atoms with Gasteiger partial charge in [0.25, 0.3) is 17.5 Å². The molecule has 1 fully saturated rings. The molecular formula is C24H23ClN8O7S2. The highest BCUT2D eigenvalue weighted by Gasteiger charge is 2.53. The number of aromatic nitrogens is 3. The largest absolute Gasteiger partial charge is 0.543 e. The van der Waals surface area contributed by atoms with Crippen LogP contribution in [-0.2, 0) is 37.0 Å². The first-order chi connectivity index (χ1) is 20.1. The van der Waals surface area contributed by atoms with Gasteiger partial charge in [-0.2, -0.15) is 0 Å². The molecule has 2 amide bonds. The predicted molar refractivity (Wildman–Crippen MR) is 150 cm³/mol. The van der Waals surface area contributed by atoms with Crippen molar-refractivity contribution in [3.05, 3.63) is 51.4 Å². The molecule has 0 aliphatic carbocycles. The number of hydrogen-bond donors (Lipinski definition) is 5. The van der Waals surface area contributed by atoms with E-state index in [0.29, 0.717) is 18.5 Å². The van der Waals surface area contributed by atoms with E-state index in [2.05, 4.69) is 20.4 Å². The molecule has 7 N–H and O–H groups in total. The number of β-lactam (4-membered cyclic amide) rings is 1. The van der Waals surface area contributed by atoms with Gasteiger partial charge < -0.3 is 36.6 Å². The quantitative estimate of drug-likeness (QED) is 0.0709. The summed E-state index contributed by atoms with van der Waals surface area (Å²) in [5.74, 6) is -4.25. The molecule has 2 atom stereocenters. The molecule has 5 heterocycles. The maximum Gasteiger partial charge on any atom is 0.344 e. The fourth-order valence-electron chi connectivity index (χ4n) is 4.71. The SMILES string of the molecule is NCCc1c[nH]c2c1ccc[n+]2CC1=C(C(=O)[O-])N2C(=O)[C@@H](NC(=O)/C(=N\OCC(=O)O)c3nc(N)sc3Cl)[C@H]2SC1. The summed E-state index contributed by atoms with van der Waals surface area (Å²) in [4.78, 5) is 62.4. The number of carbonyl (C=O) groups is 4. The van der Waals surface area contributed by atoms with Crippen LogP contribution < -0.4 is 26.5 Å². The number of carboxylic acids is 2. The second kappa shape index (κ2) is 12.0. The molecule has 2 aliphatic heterocycles. The Bertz CT molecular complexity index is 1670. The fraction of sp³-hybridized carbons (Fsp3) is 0.292. The standard InChI is InChI=1S/C24H23ClN8O7S2/c25-18-14(30-24(27)42-18)15(31-40-8-13(34)35)20(36)29-16-21(37)33-17(23(38)39)11(9-41-22(16)33)7-32-5-1-2-12-10(3-4-26)6-28-19(12)32/h1-2,5-6,16,22H,3-4,7-9,26H2,(H5,27,29,30,34,35,36,38,39)/b31-15-/t16-,22-/m1/s1. The van der Waals surface area contributed by atoms with Crippen LogP contribution in [0.5, 0.6) is 0 Å². The van der Waals surface area contributed by atoms with Crippen LogP contribution in [0.3, 0.4) is 0 Å². The molecule has 0 aromatic carbocycles. The van der Waals surface area contributed by atoms with Crippen LogP contribution in [0.2, 0.25) is 4.34 Å². The van der Waals surface area contributed by atoms with E-state index in [4.69, 9.17) is 33.0 Å². The predicted octanol–water partition coefficient (Wildman–Crippen LogP) is -1.44. The Morgan fingerprint density at radius 2 is 2.19 bits per heavy atom. The van der Waals surface area contributed by atoms with Crippen molar-refractivity contribution in [1.29, 1.82) is 0 Å². The van der Waals surface area contributed by atoms with Gasteiger partial charge in [-0.15, -0.1) is 11.8 Å². The van der Waals surface area contributed by atoms with Crippen LogP contribution in [0.25, 0.3) is 11.0 Å². The summed E-state index contributed by atoms with van der Waals surface area (Å²) in [6.45, 7) is -0.207. The second-order valence-electron chi connectivity index (χ2n) is 9.13. The van der Waals surface area contributed by atoms with E-state index in [1.165, 1.54) is 11.8 Å². The highest BCUT2D eigenvalue weighted by Crippen LogP contribution is 2.40. The summed E-state index contributed by atoms with van der Waals surface area (Å²) >= 11 is 8.23. The number of halogens is 1. The number of amides is 2. The van der Waals surface area contributed by atoms with E-state index in [-0.39, 0.29) is 33.2 Å². The number of carbonyl (C=O) groups excluding carboxylic acids is 3. The second-order valence-corrected chi connectivity index (χ2v) is 11.9. The molecular weight excluding hydrogens is 612 g/mol. The van der Waals surface area contributed by atoms with E-state index in [0.717, 1.165) is 32.8 Å². The van der Waals surface area contributed by atoms with Gasteiger partial charge in [-0.1, -0.05) is 28.1 Å². The molecule has 0 spiro atoms. The molecule has 3 aromatic heterocycles. The molecule has 3 aromatic rings. The maximum absolute atomic E-state index is 13.2. The summed E-state index contributed by atoms with van der Waals surface area (Å²) in [7, 11) is 0. The molecule has 2 aliphatic rings. The lowest BCUT2D eigenvalue weighted by molar-refractivity contribution is -0.664. The molecule has 220 valence electrons. The van der Waals surface area contributed by atoms with Crippen molar-refractivity contribution in [2.24, 2.45) is 10.9 Å². The average molecular weight is 635 g/mol.